The van der Waals surface area contributed by atoms with Gasteiger partial charge in [0.1, 0.15) is 12.3 Å². The molecule has 5 nitrogen and oxygen atoms in total. The smallest absolute Gasteiger partial charge is 0.326 e. The second-order valence-corrected chi connectivity index (χ2v) is 4.14. The lowest BCUT2D eigenvalue weighted by molar-refractivity contribution is -0.139. The van der Waals surface area contributed by atoms with Gasteiger partial charge in [-0.25, -0.2) is 4.79 Å². The first-order valence-electron chi connectivity index (χ1n) is 4.70. The van der Waals surface area contributed by atoms with Crippen molar-refractivity contribution in [2.45, 2.75) is 12.5 Å². The maximum absolute atomic E-state index is 11.5. The lowest BCUT2D eigenvalue weighted by Crippen LogP contribution is -2.41. The second kappa shape index (κ2) is 6.22. The molecule has 0 bridgehead atoms. The Hall–Kier alpha value is -1.43. The lowest BCUT2D eigenvalue weighted by Gasteiger charge is -2.12. The zero-order valence-electron chi connectivity index (χ0n) is 8.80. The van der Waals surface area contributed by atoms with Crippen LogP contribution in [0.2, 0.25) is 0 Å². The Kier molecular flexibility index (Phi) is 4.91. The number of furan rings is 1. The molecule has 0 radical (unpaired) electrons. The maximum atomic E-state index is 11.5. The van der Waals surface area contributed by atoms with Crippen molar-refractivity contribution in [2.75, 3.05) is 12.0 Å². The molecular formula is C10H13NO4S. The molecule has 88 valence electrons. The third kappa shape index (κ3) is 3.62. The molecule has 0 saturated carbocycles. The van der Waals surface area contributed by atoms with Crippen molar-refractivity contribution in [1.29, 1.82) is 0 Å². The SMILES string of the molecule is CSCC[C@H](NC(=O)c1ccoc1)C(=O)O. The van der Waals surface area contributed by atoms with Crippen LogP contribution in [0.1, 0.15) is 16.8 Å². The number of thioether (sulfide) groups is 1. The average Bonchev–Trinajstić information content (AvgIpc) is 2.76. The number of amides is 1. The number of rotatable bonds is 6. The highest BCUT2D eigenvalue weighted by atomic mass is 32.2. The van der Waals surface area contributed by atoms with Crippen molar-refractivity contribution in [3.05, 3.63) is 24.2 Å². The minimum absolute atomic E-state index is 0.329. The maximum Gasteiger partial charge on any atom is 0.326 e. The van der Waals surface area contributed by atoms with Crippen molar-refractivity contribution in [1.82, 2.24) is 5.32 Å². The molecule has 1 heterocycles. The first-order chi connectivity index (χ1) is 7.65. The van der Waals surface area contributed by atoms with Gasteiger partial charge in [-0.3, -0.25) is 4.79 Å². The van der Waals surface area contributed by atoms with Crippen molar-refractivity contribution in [3.8, 4) is 0 Å². The van der Waals surface area contributed by atoms with Gasteiger partial charge in [0.2, 0.25) is 0 Å². The molecule has 1 aromatic rings. The number of aliphatic carboxylic acids is 1. The first-order valence-corrected chi connectivity index (χ1v) is 6.09. The van der Waals surface area contributed by atoms with Gasteiger partial charge >= 0.3 is 5.97 Å². The summed E-state index contributed by atoms with van der Waals surface area (Å²) in [5, 5.41) is 11.3. The fourth-order valence-electron chi connectivity index (χ4n) is 1.13. The Morgan fingerprint density at radius 2 is 2.38 bits per heavy atom. The number of hydrogen-bond acceptors (Lipinski definition) is 4. The molecule has 0 unspecified atom stereocenters. The van der Waals surface area contributed by atoms with E-state index in [0.717, 1.165) is 0 Å². The number of hydrogen-bond donors (Lipinski definition) is 2. The minimum atomic E-state index is -1.02. The van der Waals surface area contributed by atoms with Crippen LogP contribution in [-0.2, 0) is 4.79 Å². The summed E-state index contributed by atoms with van der Waals surface area (Å²) in [5.74, 6) is -0.768. The van der Waals surface area contributed by atoms with Gasteiger partial charge in [-0.2, -0.15) is 11.8 Å². The number of carbonyl (C=O) groups excluding carboxylic acids is 1. The van der Waals surface area contributed by atoms with Gasteiger partial charge in [0.05, 0.1) is 11.8 Å². The predicted octanol–water partition coefficient (Wildman–Crippen LogP) is 1.22. The highest BCUT2D eigenvalue weighted by Crippen LogP contribution is 2.04. The lowest BCUT2D eigenvalue weighted by atomic mass is 10.2. The normalized spacial score (nSPS) is 12.1. The van der Waals surface area contributed by atoms with E-state index in [9.17, 15) is 9.59 Å². The van der Waals surface area contributed by atoms with Gasteiger partial charge in [-0.1, -0.05) is 0 Å². The van der Waals surface area contributed by atoms with E-state index in [1.807, 2.05) is 6.26 Å². The summed E-state index contributed by atoms with van der Waals surface area (Å²) in [4.78, 5) is 22.4. The minimum Gasteiger partial charge on any atom is -0.480 e. The molecule has 2 N–H and O–H groups in total. The van der Waals surface area contributed by atoms with E-state index in [0.29, 0.717) is 17.7 Å². The first kappa shape index (κ1) is 12.6. The summed E-state index contributed by atoms with van der Waals surface area (Å²) in [6.45, 7) is 0. The zero-order chi connectivity index (χ0) is 12.0. The van der Waals surface area contributed by atoms with Gasteiger partial charge in [0, 0.05) is 0 Å². The molecule has 6 heteroatoms. The largest absolute Gasteiger partial charge is 0.480 e. The number of nitrogens with one attached hydrogen (secondary N) is 1. The number of carboxylic acids is 1. The van der Waals surface area contributed by atoms with Crippen LogP contribution in [0.15, 0.2) is 23.0 Å². The highest BCUT2D eigenvalue weighted by molar-refractivity contribution is 7.98. The Balaban J connectivity index is 2.54. The van der Waals surface area contributed by atoms with Gasteiger partial charge in [0.15, 0.2) is 0 Å². The molecular weight excluding hydrogens is 230 g/mol. The summed E-state index contributed by atoms with van der Waals surface area (Å²) >= 11 is 1.54. The van der Waals surface area contributed by atoms with Gasteiger partial charge < -0.3 is 14.8 Å². The number of carboxylic acid groups (broad SMARTS) is 1. The molecule has 0 fully saturated rings. The molecule has 16 heavy (non-hydrogen) atoms. The van der Waals surface area contributed by atoms with E-state index in [2.05, 4.69) is 5.32 Å². The molecule has 0 saturated heterocycles. The molecule has 0 aromatic carbocycles. The highest BCUT2D eigenvalue weighted by Gasteiger charge is 2.20. The van der Waals surface area contributed by atoms with Crippen LogP contribution in [0.3, 0.4) is 0 Å². The van der Waals surface area contributed by atoms with Crippen LogP contribution in [-0.4, -0.2) is 35.0 Å². The van der Waals surface area contributed by atoms with Crippen molar-refractivity contribution in [3.63, 3.8) is 0 Å². The van der Waals surface area contributed by atoms with Gasteiger partial charge in [0.25, 0.3) is 5.91 Å². The Morgan fingerprint density at radius 3 is 2.88 bits per heavy atom. The fourth-order valence-corrected chi connectivity index (χ4v) is 1.60. The molecule has 1 amide bonds. The third-order valence-corrected chi connectivity index (χ3v) is 2.64. The molecule has 1 rings (SSSR count). The van der Waals surface area contributed by atoms with Crippen LogP contribution in [0, 0.1) is 0 Å². The fraction of sp³-hybridized carbons (Fsp3) is 0.400. The van der Waals surface area contributed by atoms with Crippen molar-refractivity contribution in [2.24, 2.45) is 0 Å². The molecule has 0 aliphatic carbocycles. The summed E-state index contributed by atoms with van der Waals surface area (Å²) in [6, 6.07) is 0.637. The zero-order valence-corrected chi connectivity index (χ0v) is 9.62. The summed E-state index contributed by atoms with van der Waals surface area (Å²) in [5.41, 5.74) is 0.329. The predicted molar refractivity (Wildman–Crippen MR) is 60.6 cm³/mol. The summed E-state index contributed by atoms with van der Waals surface area (Å²) < 4.78 is 4.75. The van der Waals surface area contributed by atoms with Gasteiger partial charge in [-0.05, 0) is 24.5 Å². The van der Waals surface area contributed by atoms with Crippen LogP contribution in [0.5, 0.6) is 0 Å². The topological polar surface area (TPSA) is 79.5 Å². The Bertz CT molecular complexity index is 350. The second-order valence-electron chi connectivity index (χ2n) is 3.16. The molecule has 0 aliphatic rings. The van der Waals surface area contributed by atoms with Crippen molar-refractivity contribution < 1.29 is 19.1 Å². The molecule has 0 spiro atoms. The van der Waals surface area contributed by atoms with E-state index in [4.69, 9.17) is 9.52 Å². The Morgan fingerprint density at radius 1 is 1.62 bits per heavy atom. The third-order valence-electron chi connectivity index (χ3n) is 2.00. The van der Waals surface area contributed by atoms with E-state index in [-0.39, 0.29) is 0 Å². The van der Waals surface area contributed by atoms with Crippen LogP contribution in [0.4, 0.5) is 0 Å². The quantitative estimate of drug-likeness (QED) is 0.785. The van der Waals surface area contributed by atoms with E-state index in [1.54, 1.807) is 0 Å². The molecule has 0 aliphatic heterocycles. The summed E-state index contributed by atoms with van der Waals surface area (Å²) in [7, 11) is 0. The van der Waals surface area contributed by atoms with E-state index >= 15 is 0 Å². The average molecular weight is 243 g/mol. The van der Waals surface area contributed by atoms with Crippen LogP contribution in [0.25, 0.3) is 0 Å². The monoisotopic (exact) mass is 243 g/mol. The van der Waals surface area contributed by atoms with Gasteiger partial charge in [-0.15, -0.1) is 0 Å². The molecule has 1 aromatic heterocycles. The Labute approximate surface area is 97.2 Å². The summed E-state index contributed by atoms with van der Waals surface area (Å²) in [6.07, 6.45) is 4.94. The van der Waals surface area contributed by atoms with E-state index < -0.39 is 17.9 Å². The van der Waals surface area contributed by atoms with Crippen molar-refractivity contribution >= 4 is 23.6 Å². The van der Waals surface area contributed by atoms with Crippen LogP contribution < -0.4 is 5.32 Å². The van der Waals surface area contributed by atoms with Crippen LogP contribution >= 0.6 is 11.8 Å². The van der Waals surface area contributed by atoms with E-state index in [1.165, 1.54) is 30.4 Å². The standard InChI is InChI=1S/C10H13NO4S/c1-16-5-3-8(10(13)14)11-9(12)7-2-4-15-6-7/h2,4,6,8H,3,5H2,1H3,(H,11,12)(H,13,14)/t8-/m0/s1. The molecule has 1 atom stereocenters. The number of carbonyl (C=O) groups is 2.